The number of nitriles is 1. The van der Waals surface area contributed by atoms with Gasteiger partial charge in [0, 0.05) is 17.1 Å². The second-order valence-electron chi connectivity index (χ2n) is 6.38. The van der Waals surface area contributed by atoms with Crippen LogP contribution >= 0.6 is 11.3 Å². The van der Waals surface area contributed by atoms with Crippen LogP contribution in [0.1, 0.15) is 16.7 Å². The lowest BCUT2D eigenvalue weighted by atomic mass is 10.1. The zero-order chi connectivity index (χ0) is 20.1. The molecule has 0 aliphatic carbocycles. The van der Waals surface area contributed by atoms with Crippen LogP contribution in [0.15, 0.2) is 88.5 Å². The molecule has 2 heterocycles. The molecule has 0 saturated heterocycles. The van der Waals surface area contributed by atoms with Crippen molar-refractivity contribution in [2.45, 2.75) is 6.92 Å². The number of nitrogens with zero attached hydrogens (tertiary/aromatic N) is 5. The molecular formula is C23H17N5S. The minimum absolute atomic E-state index is 0.623. The zero-order valence-corrected chi connectivity index (χ0v) is 16.5. The third kappa shape index (κ3) is 4.37. The Hall–Kier alpha value is -3.82. The van der Waals surface area contributed by atoms with E-state index in [2.05, 4.69) is 47.6 Å². The molecule has 0 aliphatic rings. The molecule has 6 heteroatoms. The van der Waals surface area contributed by atoms with Crippen molar-refractivity contribution in [2.24, 2.45) is 10.1 Å². The topological polar surface area (TPSA) is 66.3 Å². The number of benzene rings is 2. The van der Waals surface area contributed by atoms with E-state index in [1.165, 1.54) is 16.9 Å². The smallest absolute Gasteiger partial charge is 0.211 e. The van der Waals surface area contributed by atoms with Crippen LogP contribution in [-0.2, 0) is 0 Å². The third-order valence-electron chi connectivity index (χ3n) is 4.27. The van der Waals surface area contributed by atoms with Crippen molar-refractivity contribution in [3.05, 3.63) is 99.9 Å². The van der Waals surface area contributed by atoms with Crippen LogP contribution in [0.4, 0.5) is 5.69 Å². The van der Waals surface area contributed by atoms with Gasteiger partial charge in [0.1, 0.15) is 0 Å². The van der Waals surface area contributed by atoms with Gasteiger partial charge in [-0.2, -0.15) is 10.4 Å². The molecule has 2 aromatic carbocycles. The minimum Gasteiger partial charge on any atom is -0.262 e. The van der Waals surface area contributed by atoms with Gasteiger partial charge in [0.2, 0.25) is 4.80 Å². The molecule has 0 saturated carbocycles. The third-order valence-corrected chi connectivity index (χ3v) is 5.08. The van der Waals surface area contributed by atoms with Crippen LogP contribution in [0, 0.1) is 18.3 Å². The Kier molecular flexibility index (Phi) is 5.41. The van der Waals surface area contributed by atoms with Crippen molar-refractivity contribution in [1.29, 1.82) is 5.26 Å². The predicted molar refractivity (Wildman–Crippen MR) is 116 cm³/mol. The van der Waals surface area contributed by atoms with Gasteiger partial charge < -0.3 is 0 Å². The number of aryl methyl sites for hydroxylation is 1. The maximum atomic E-state index is 8.96. The highest BCUT2D eigenvalue weighted by atomic mass is 32.1. The fourth-order valence-corrected chi connectivity index (χ4v) is 3.57. The highest BCUT2D eigenvalue weighted by Crippen LogP contribution is 2.21. The van der Waals surface area contributed by atoms with E-state index in [9.17, 15) is 0 Å². The van der Waals surface area contributed by atoms with Crippen LogP contribution in [0.25, 0.3) is 11.3 Å². The van der Waals surface area contributed by atoms with Gasteiger partial charge in [-0.15, -0.1) is 11.3 Å². The second-order valence-corrected chi connectivity index (χ2v) is 7.22. The number of rotatable bonds is 4. The Balaban J connectivity index is 1.80. The average Bonchev–Trinajstić information content (AvgIpc) is 3.16. The molecule has 0 unspecified atom stereocenters. The molecule has 140 valence electrons. The molecule has 0 bridgehead atoms. The average molecular weight is 395 g/mol. The Labute approximate surface area is 172 Å². The van der Waals surface area contributed by atoms with Crippen LogP contribution in [0.2, 0.25) is 0 Å². The van der Waals surface area contributed by atoms with E-state index in [1.807, 2.05) is 28.9 Å². The van der Waals surface area contributed by atoms with E-state index in [1.54, 1.807) is 30.7 Å². The maximum Gasteiger partial charge on any atom is 0.211 e. The van der Waals surface area contributed by atoms with Gasteiger partial charge in [-0.05, 0) is 36.8 Å². The van der Waals surface area contributed by atoms with E-state index in [4.69, 9.17) is 15.4 Å². The summed E-state index contributed by atoms with van der Waals surface area (Å²) < 4.78 is 1.83. The van der Waals surface area contributed by atoms with E-state index in [0.717, 1.165) is 27.3 Å². The quantitative estimate of drug-likeness (QED) is 0.461. The Bertz CT molecular complexity index is 1240. The molecule has 0 spiro atoms. The molecule has 0 atom stereocenters. The summed E-state index contributed by atoms with van der Waals surface area (Å²) in [7, 11) is 0. The van der Waals surface area contributed by atoms with Gasteiger partial charge in [0.15, 0.2) is 0 Å². The van der Waals surface area contributed by atoms with Gasteiger partial charge in [-0.3, -0.25) is 4.98 Å². The van der Waals surface area contributed by atoms with Crippen LogP contribution < -0.4 is 4.80 Å². The summed E-state index contributed by atoms with van der Waals surface area (Å²) in [5.41, 5.74) is 5.53. The maximum absolute atomic E-state index is 8.96. The summed E-state index contributed by atoms with van der Waals surface area (Å²) in [6.45, 7) is 2.07. The summed E-state index contributed by atoms with van der Waals surface area (Å²) >= 11 is 1.52. The largest absolute Gasteiger partial charge is 0.262 e. The van der Waals surface area contributed by atoms with E-state index >= 15 is 0 Å². The molecule has 0 radical (unpaired) electrons. The number of aromatic nitrogens is 2. The number of thiazole rings is 1. The van der Waals surface area contributed by atoms with E-state index in [0.29, 0.717) is 5.56 Å². The summed E-state index contributed by atoms with van der Waals surface area (Å²) in [5, 5.41) is 15.7. The van der Waals surface area contributed by atoms with Crippen molar-refractivity contribution in [3.63, 3.8) is 0 Å². The summed E-state index contributed by atoms with van der Waals surface area (Å²) in [6.07, 6.45) is 5.22. The van der Waals surface area contributed by atoms with Crippen LogP contribution in [0.5, 0.6) is 0 Å². The Morgan fingerprint density at radius 2 is 1.86 bits per heavy atom. The second kappa shape index (κ2) is 8.46. The number of hydrogen-bond donors (Lipinski definition) is 0. The molecule has 0 amide bonds. The molecule has 2 aromatic heterocycles. The first-order chi connectivity index (χ1) is 14.2. The number of pyridine rings is 1. The fourth-order valence-electron chi connectivity index (χ4n) is 2.71. The van der Waals surface area contributed by atoms with E-state index < -0.39 is 0 Å². The highest BCUT2D eigenvalue weighted by Gasteiger charge is 2.07. The van der Waals surface area contributed by atoms with Crippen molar-refractivity contribution < 1.29 is 0 Å². The number of hydrogen-bond acceptors (Lipinski definition) is 5. The van der Waals surface area contributed by atoms with Crippen molar-refractivity contribution in [1.82, 2.24) is 9.66 Å². The molecule has 0 fully saturated rings. The normalized spacial score (nSPS) is 11.7. The Morgan fingerprint density at radius 3 is 2.55 bits per heavy atom. The minimum atomic E-state index is 0.623. The molecule has 0 aliphatic heterocycles. The van der Waals surface area contributed by atoms with Crippen molar-refractivity contribution in [3.8, 4) is 17.3 Å². The van der Waals surface area contributed by atoms with Gasteiger partial charge in [-0.1, -0.05) is 42.0 Å². The first kappa shape index (κ1) is 18.5. The molecule has 0 N–H and O–H groups in total. The SMILES string of the molecule is Cc1ccc(-c2csc(=Nc3cccnc3)n2N=Cc2ccc(C#N)cc2)cc1. The lowest BCUT2D eigenvalue weighted by Crippen LogP contribution is -2.11. The fraction of sp³-hybridized carbons (Fsp3) is 0.0435. The first-order valence-corrected chi connectivity index (χ1v) is 9.88. The molecular weight excluding hydrogens is 378 g/mol. The van der Waals surface area contributed by atoms with Gasteiger partial charge in [-0.25, -0.2) is 9.67 Å². The summed E-state index contributed by atoms with van der Waals surface area (Å²) in [5.74, 6) is 0. The van der Waals surface area contributed by atoms with Crippen LogP contribution in [0.3, 0.4) is 0 Å². The van der Waals surface area contributed by atoms with Gasteiger partial charge in [0.25, 0.3) is 0 Å². The first-order valence-electron chi connectivity index (χ1n) is 9.00. The Morgan fingerprint density at radius 1 is 1.07 bits per heavy atom. The zero-order valence-electron chi connectivity index (χ0n) is 15.7. The monoisotopic (exact) mass is 395 g/mol. The van der Waals surface area contributed by atoms with Gasteiger partial charge in [0.05, 0.1) is 35.4 Å². The van der Waals surface area contributed by atoms with Gasteiger partial charge >= 0.3 is 0 Å². The lowest BCUT2D eigenvalue weighted by molar-refractivity contribution is 0.854. The molecule has 29 heavy (non-hydrogen) atoms. The van der Waals surface area contributed by atoms with Crippen molar-refractivity contribution >= 4 is 23.2 Å². The predicted octanol–water partition coefficient (Wildman–Crippen LogP) is 4.91. The van der Waals surface area contributed by atoms with Crippen LogP contribution in [-0.4, -0.2) is 15.9 Å². The molecule has 4 aromatic rings. The molecule has 5 nitrogen and oxygen atoms in total. The summed E-state index contributed by atoms with van der Waals surface area (Å²) in [4.78, 5) is 9.59. The van der Waals surface area contributed by atoms with Crippen molar-refractivity contribution in [2.75, 3.05) is 0 Å². The highest BCUT2D eigenvalue weighted by molar-refractivity contribution is 7.07. The standard InChI is InChI=1S/C23H17N5S/c1-17-4-10-20(11-5-17)22-16-29-23(27-21-3-2-12-25-15-21)28(22)26-14-19-8-6-18(13-24)7-9-19/h2-12,14-16H,1H3. The molecule has 4 rings (SSSR count). The summed E-state index contributed by atoms with van der Waals surface area (Å²) in [6, 6.07) is 21.5. The van der Waals surface area contributed by atoms with E-state index in [-0.39, 0.29) is 0 Å². The lowest BCUT2D eigenvalue weighted by Gasteiger charge is -2.04.